The predicted molar refractivity (Wildman–Crippen MR) is 89.6 cm³/mol. The zero-order valence-electron chi connectivity index (χ0n) is 13.2. The first-order valence-electron chi connectivity index (χ1n) is 7.76. The lowest BCUT2D eigenvalue weighted by Crippen LogP contribution is -2.49. The maximum absolute atomic E-state index is 12.3. The largest absolute Gasteiger partial charge is 0.352 e. The van der Waals surface area contributed by atoms with Crippen LogP contribution in [0.5, 0.6) is 0 Å². The van der Waals surface area contributed by atoms with Gasteiger partial charge in [0.2, 0.25) is 5.91 Å². The lowest BCUT2D eigenvalue weighted by Gasteiger charge is -2.35. The summed E-state index contributed by atoms with van der Waals surface area (Å²) in [6.45, 7) is 5.52. The number of aryl methyl sites for hydroxylation is 2. The van der Waals surface area contributed by atoms with Crippen molar-refractivity contribution in [3.8, 4) is 0 Å². The number of anilines is 1. The normalized spacial score (nSPS) is 15.0. The van der Waals surface area contributed by atoms with Crippen molar-refractivity contribution in [2.75, 3.05) is 31.1 Å². The molecule has 0 aromatic carbocycles. The second-order valence-electron chi connectivity index (χ2n) is 5.71. The Hall–Kier alpha value is -2.08. The third-order valence-electron chi connectivity index (χ3n) is 3.99. The summed E-state index contributed by atoms with van der Waals surface area (Å²) < 4.78 is 1.82. The van der Waals surface area contributed by atoms with Crippen molar-refractivity contribution in [2.45, 2.75) is 19.9 Å². The number of aromatic nitrogens is 3. The zero-order valence-corrected chi connectivity index (χ0v) is 13.9. The summed E-state index contributed by atoms with van der Waals surface area (Å²) in [5, 5.41) is 4.86. The van der Waals surface area contributed by atoms with Gasteiger partial charge < -0.3 is 9.80 Å². The van der Waals surface area contributed by atoms with E-state index in [1.165, 1.54) is 0 Å². The van der Waals surface area contributed by atoms with Crippen LogP contribution in [-0.4, -0.2) is 51.8 Å². The lowest BCUT2D eigenvalue weighted by molar-refractivity contribution is -0.131. The molecule has 7 heteroatoms. The Bertz CT molecular complexity index is 679. The first-order valence-corrected chi connectivity index (χ1v) is 8.13. The highest BCUT2D eigenvalue weighted by molar-refractivity contribution is 6.32. The minimum atomic E-state index is 0.171. The molecular weight excluding hydrogens is 314 g/mol. The smallest absolute Gasteiger partial charge is 0.224 e. The number of piperazine rings is 1. The molecule has 2 aromatic heterocycles. The Morgan fingerprint density at radius 3 is 2.74 bits per heavy atom. The number of carbonyl (C=O) groups is 1. The van der Waals surface area contributed by atoms with Crippen LogP contribution in [0, 0.1) is 6.92 Å². The summed E-state index contributed by atoms with van der Waals surface area (Å²) in [6, 6.07) is 3.66. The average molecular weight is 334 g/mol. The molecule has 1 fully saturated rings. The van der Waals surface area contributed by atoms with E-state index in [0.717, 1.165) is 24.5 Å². The van der Waals surface area contributed by atoms with E-state index < -0.39 is 0 Å². The van der Waals surface area contributed by atoms with Gasteiger partial charge in [0, 0.05) is 51.5 Å². The Kier molecular flexibility index (Phi) is 4.81. The molecule has 0 saturated carbocycles. The summed E-state index contributed by atoms with van der Waals surface area (Å²) in [4.78, 5) is 20.7. The number of hydrogen-bond donors (Lipinski definition) is 0. The highest BCUT2D eigenvalue weighted by Crippen LogP contribution is 2.23. The maximum atomic E-state index is 12.3. The number of hydrogen-bond acceptors (Lipinski definition) is 4. The second-order valence-corrected chi connectivity index (χ2v) is 6.11. The molecule has 1 aliphatic heterocycles. The quantitative estimate of drug-likeness (QED) is 0.858. The topological polar surface area (TPSA) is 54.3 Å². The molecule has 0 atom stereocenters. The van der Waals surface area contributed by atoms with E-state index in [2.05, 4.69) is 15.0 Å². The van der Waals surface area contributed by atoms with Gasteiger partial charge in [-0.3, -0.25) is 9.48 Å². The standard InChI is InChI=1S/C16H20ClN5O/c1-13-11-19-22(12-13)6-4-15(23)20-7-9-21(10-8-20)16-14(17)3-2-5-18-16/h2-3,5,11-12H,4,6-10H2,1H3. The fourth-order valence-electron chi connectivity index (χ4n) is 2.74. The van der Waals surface area contributed by atoms with E-state index >= 15 is 0 Å². The fraction of sp³-hybridized carbons (Fsp3) is 0.438. The summed E-state index contributed by atoms with van der Waals surface area (Å²) >= 11 is 6.18. The molecular formula is C16H20ClN5O. The van der Waals surface area contributed by atoms with Crippen LogP contribution in [0.3, 0.4) is 0 Å². The van der Waals surface area contributed by atoms with Crippen LogP contribution >= 0.6 is 11.6 Å². The van der Waals surface area contributed by atoms with Crippen LogP contribution < -0.4 is 4.90 Å². The van der Waals surface area contributed by atoms with Gasteiger partial charge in [-0.25, -0.2) is 4.98 Å². The first-order chi connectivity index (χ1) is 11.1. The van der Waals surface area contributed by atoms with Gasteiger partial charge in [0.05, 0.1) is 11.2 Å². The molecule has 122 valence electrons. The minimum Gasteiger partial charge on any atom is -0.352 e. The molecule has 0 N–H and O–H groups in total. The van der Waals surface area contributed by atoms with E-state index in [-0.39, 0.29) is 5.91 Å². The van der Waals surface area contributed by atoms with E-state index in [0.29, 0.717) is 31.1 Å². The van der Waals surface area contributed by atoms with Crippen molar-refractivity contribution in [1.29, 1.82) is 0 Å². The molecule has 0 bridgehead atoms. The molecule has 0 aliphatic carbocycles. The van der Waals surface area contributed by atoms with Crippen molar-refractivity contribution in [3.63, 3.8) is 0 Å². The third-order valence-corrected chi connectivity index (χ3v) is 4.28. The van der Waals surface area contributed by atoms with Gasteiger partial charge in [0.15, 0.2) is 0 Å². The molecule has 6 nitrogen and oxygen atoms in total. The zero-order chi connectivity index (χ0) is 16.2. The van der Waals surface area contributed by atoms with Gasteiger partial charge in [-0.1, -0.05) is 11.6 Å². The summed E-state index contributed by atoms with van der Waals surface area (Å²) in [7, 11) is 0. The van der Waals surface area contributed by atoms with Crippen LogP contribution in [0.25, 0.3) is 0 Å². The van der Waals surface area contributed by atoms with E-state index in [1.807, 2.05) is 34.8 Å². The SMILES string of the molecule is Cc1cnn(CCC(=O)N2CCN(c3ncccc3Cl)CC2)c1. The molecule has 3 heterocycles. The molecule has 1 saturated heterocycles. The summed E-state index contributed by atoms with van der Waals surface area (Å²) in [5.41, 5.74) is 1.11. The van der Waals surface area contributed by atoms with Gasteiger partial charge in [0.1, 0.15) is 5.82 Å². The molecule has 0 spiro atoms. The van der Waals surface area contributed by atoms with Crippen LogP contribution in [0.15, 0.2) is 30.7 Å². The van der Waals surface area contributed by atoms with Crippen molar-refractivity contribution in [1.82, 2.24) is 19.7 Å². The number of nitrogens with zero attached hydrogens (tertiary/aromatic N) is 5. The van der Waals surface area contributed by atoms with Crippen molar-refractivity contribution >= 4 is 23.3 Å². The molecule has 1 amide bonds. The molecule has 23 heavy (non-hydrogen) atoms. The highest BCUT2D eigenvalue weighted by Gasteiger charge is 2.22. The average Bonchev–Trinajstić information content (AvgIpc) is 2.99. The Morgan fingerprint density at radius 2 is 2.09 bits per heavy atom. The number of carbonyl (C=O) groups excluding carboxylic acids is 1. The third kappa shape index (κ3) is 3.82. The monoisotopic (exact) mass is 333 g/mol. The van der Waals surface area contributed by atoms with Gasteiger partial charge in [-0.15, -0.1) is 0 Å². The van der Waals surface area contributed by atoms with E-state index in [9.17, 15) is 4.79 Å². The Balaban J connectivity index is 1.50. The van der Waals surface area contributed by atoms with Gasteiger partial charge in [0.25, 0.3) is 0 Å². The van der Waals surface area contributed by atoms with Gasteiger partial charge >= 0.3 is 0 Å². The van der Waals surface area contributed by atoms with Crippen LogP contribution in [0.1, 0.15) is 12.0 Å². The highest BCUT2D eigenvalue weighted by atomic mass is 35.5. The number of amides is 1. The van der Waals surface area contributed by atoms with E-state index in [1.54, 1.807) is 12.4 Å². The van der Waals surface area contributed by atoms with Crippen molar-refractivity contribution in [2.24, 2.45) is 0 Å². The van der Waals surface area contributed by atoms with Gasteiger partial charge in [-0.2, -0.15) is 5.10 Å². The lowest BCUT2D eigenvalue weighted by atomic mass is 10.2. The molecule has 1 aliphatic rings. The molecule has 0 radical (unpaired) electrons. The number of pyridine rings is 1. The second kappa shape index (κ2) is 7.00. The van der Waals surface area contributed by atoms with Crippen molar-refractivity contribution < 1.29 is 4.79 Å². The van der Waals surface area contributed by atoms with E-state index in [4.69, 9.17) is 11.6 Å². The molecule has 3 rings (SSSR count). The predicted octanol–water partition coefficient (Wildman–Crippen LogP) is 1.98. The van der Waals surface area contributed by atoms with Crippen LogP contribution in [-0.2, 0) is 11.3 Å². The first kappa shape index (κ1) is 15.8. The van der Waals surface area contributed by atoms with Gasteiger partial charge in [-0.05, 0) is 24.6 Å². The summed E-state index contributed by atoms with van der Waals surface area (Å²) in [6.07, 6.45) is 5.98. The maximum Gasteiger partial charge on any atom is 0.224 e. The minimum absolute atomic E-state index is 0.171. The fourth-order valence-corrected chi connectivity index (χ4v) is 2.98. The van der Waals surface area contributed by atoms with Crippen LogP contribution in [0.2, 0.25) is 5.02 Å². The Morgan fingerprint density at radius 1 is 1.30 bits per heavy atom. The summed E-state index contributed by atoms with van der Waals surface area (Å²) in [5.74, 6) is 0.971. The Labute approximate surface area is 140 Å². The molecule has 0 unspecified atom stereocenters. The van der Waals surface area contributed by atoms with Crippen molar-refractivity contribution in [3.05, 3.63) is 41.3 Å². The molecule has 2 aromatic rings. The number of halogens is 1. The number of rotatable bonds is 4. The van der Waals surface area contributed by atoms with Crippen LogP contribution in [0.4, 0.5) is 5.82 Å².